The Kier molecular flexibility index (Phi) is 4.70. The van der Waals surface area contributed by atoms with E-state index < -0.39 is 11.6 Å². The zero-order valence-corrected chi connectivity index (χ0v) is 9.93. The number of hydrogen-bond acceptors (Lipinski definition) is 2. The molecule has 0 bridgehead atoms. The van der Waals surface area contributed by atoms with Crippen molar-refractivity contribution in [3.05, 3.63) is 0 Å². The topological polar surface area (TPSA) is 18.5 Å². The van der Waals surface area contributed by atoms with Crippen LogP contribution in [0.4, 0.5) is 0 Å². The first kappa shape index (κ1) is 12.0. The van der Waals surface area contributed by atoms with Crippen LogP contribution in [0.25, 0.3) is 0 Å². The van der Waals surface area contributed by atoms with Crippen LogP contribution in [0.1, 0.15) is 6.92 Å². The van der Waals surface area contributed by atoms with Gasteiger partial charge in [0.1, 0.15) is 0 Å². The number of rotatable bonds is 4. The molecule has 0 aliphatic rings. The van der Waals surface area contributed by atoms with Crippen molar-refractivity contribution in [2.45, 2.75) is 18.3 Å². The van der Waals surface area contributed by atoms with Gasteiger partial charge in [0.2, 0.25) is 0 Å². The Balaban J connectivity index is 4.33. The molecule has 0 fully saturated rings. The third kappa shape index (κ3) is 3.09. The summed E-state index contributed by atoms with van der Waals surface area (Å²) in [6.45, 7) is 1.19. The van der Waals surface area contributed by atoms with Crippen molar-refractivity contribution in [3.8, 4) is 0 Å². The molecule has 0 rings (SSSR count). The summed E-state index contributed by atoms with van der Waals surface area (Å²) in [6, 6.07) is 0. The molecule has 0 amide bonds. The van der Waals surface area contributed by atoms with E-state index >= 15 is 0 Å². The van der Waals surface area contributed by atoms with Crippen molar-refractivity contribution in [2.75, 3.05) is 13.7 Å². The van der Waals surface area contributed by atoms with Crippen LogP contribution in [0.2, 0.25) is 6.55 Å². The molecule has 0 aromatic rings. The molecule has 68 valence electrons. The summed E-state index contributed by atoms with van der Waals surface area (Å²) >= 11 is 17.5. The third-order valence-electron chi connectivity index (χ3n) is 1.12. The fourth-order valence-electron chi connectivity index (χ4n) is 0.551. The van der Waals surface area contributed by atoms with Gasteiger partial charge in [-0.2, -0.15) is 0 Å². The number of halogens is 3. The Morgan fingerprint density at radius 2 is 1.91 bits per heavy atom. The lowest BCUT2D eigenvalue weighted by Gasteiger charge is -2.31. The highest BCUT2D eigenvalue weighted by atomic mass is 35.7. The largest absolute Gasteiger partial charge is 0.342 e. The number of hydrogen-bond donors (Lipinski definition) is 0. The monoisotopic (exact) mass is 236 g/mol. The molecule has 1 atom stereocenters. The lowest BCUT2D eigenvalue weighted by molar-refractivity contribution is -0.101. The van der Waals surface area contributed by atoms with Gasteiger partial charge in [-0.3, -0.25) is 0 Å². The summed E-state index contributed by atoms with van der Waals surface area (Å²) in [5.41, 5.74) is 0. The fraction of sp³-hybridized carbons (Fsp3) is 1.00. The van der Waals surface area contributed by atoms with E-state index in [1.807, 2.05) is 0 Å². The molecule has 2 nitrogen and oxygen atoms in total. The maximum Gasteiger partial charge on any atom is 0.330 e. The van der Waals surface area contributed by atoms with E-state index in [0.717, 1.165) is 0 Å². The molecule has 0 heterocycles. The predicted octanol–water partition coefficient (Wildman–Crippen LogP) is 2.65. The van der Waals surface area contributed by atoms with E-state index in [-0.39, 0.29) is 0 Å². The van der Waals surface area contributed by atoms with Crippen LogP contribution >= 0.6 is 33.8 Å². The fourth-order valence-corrected chi connectivity index (χ4v) is 2.21. The molecular formula is C5H11Cl3O2Si. The Hall–Kier alpha value is 1.01. The second-order valence-corrected chi connectivity index (χ2v) is 10.4. The van der Waals surface area contributed by atoms with Crippen LogP contribution in [0.5, 0.6) is 0 Å². The molecule has 1 unspecified atom stereocenters. The van der Waals surface area contributed by atoms with E-state index in [2.05, 4.69) is 0 Å². The highest BCUT2D eigenvalue weighted by Crippen LogP contribution is 2.36. The Bertz CT molecular complexity index is 127. The molecule has 0 saturated heterocycles. The molecule has 0 aromatic heterocycles. The highest BCUT2D eigenvalue weighted by Gasteiger charge is 2.49. The zero-order valence-electron chi connectivity index (χ0n) is 6.66. The summed E-state index contributed by atoms with van der Waals surface area (Å²) in [7, 11) is 1.42. The van der Waals surface area contributed by atoms with E-state index in [9.17, 15) is 0 Å². The van der Waals surface area contributed by atoms with Crippen molar-refractivity contribution in [2.24, 2.45) is 0 Å². The van der Waals surface area contributed by atoms with Crippen molar-refractivity contribution >= 4 is 40.5 Å². The molecule has 0 aliphatic heterocycles. The normalized spacial score (nSPS) is 18.0. The minimum Gasteiger partial charge on any atom is -0.342 e. The molecule has 0 aromatic carbocycles. The minimum atomic E-state index is -2.67. The van der Waals surface area contributed by atoms with Crippen LogP contribution in [-0.4, -0.2) is 25.3 Å². The average Bonchev–Trinajstić information content (AvgIpc) is 1.86. The van der Waals surface area contributed by atoms with E-state index in [1.54, 1.807) is 13.5 Å². The maximum atomic E-state index is 5.85. The summed E-state index contributed by atoms with van der Waals surface area (Å²) in [5.74, 6) is 0. The van der Waals surface area contributed by atoms with Crippen molar-refractivity contribution in [1.82, 2.24) is 0 Å². The third-order valence-corrected chi connectivity index (χ3v) is 5.98. The number of methoxy groups -OCH3 is 1. The minimum absolute atomic E-state index is 0.416. The quantitative estimate of drug-likeness (QED) is 0.324. The Morgan fingerprint density at radius 3 is 2.00 bits per heavy atom. The van der Waals surface area contributed by atoms with Crippen molar-refractivity contribution < 1.29 is 9.47 Å². The second kappa shape index (κ2) is 4.30. The Labute approximate surface area is 82.1 Å². The van der Waals surface area contributed by atoms with Gasteiger partial charge in [0.15, 0.2) is 0 Å². The van der Waals surface area contributed by atoms with Gasteiger partial charge in [-0.05, 0) is 13.5 Å². The first-order valence-corrected chi connectivity index (χ1v) is 8.03. The number of alkyl halides is 1. The van der Waals surface area contributed by atoms with E-state index in [1.165, 1.54) is 7.11 Å². The van der Waals surface area contributed by atoms with Gasteiger partial charge in [-0.25, -0.2) is 0 Å². The molecule has 0 saturated carbocycles. The predicted molar refractivity (Wildman–Crippen MR) is 50.5 cm³/mol. The molecule has 11 heavy (non-hydrogen) atoms. The standard InChI is InChI=1S/C5H11Cl3O2Si/c1-4-10-5(6,9-2)11(3,7)8/h4H2,1-3H3. The maximum absolute atomic E-state index is 5.85. The summed E-state index contributed by atoms with van der Waals surface area (Å²) in [5, 5.41) is 0. The first-order chi connectivity index (χ1) is 4.87. The smallest absolute Gasteiger partial charge is 0.330 e. The van der Waals surface area contributed by atoms with Gasteiger partial charge in [0.25, 0.3) is 4.87 Å². The summed E-state index contributed by atoms with van der Waals surface area (Å²) in [6.07, 6.45) is 0. The van der Waals surface area contributed by atoms with Crippen LogP contribution < -0.4 is 0 Å². The molecule has 6 heteroatoms. The summed E-state index contributed by atoms with van der Waals surface area (Å²) in [4.78, 5) is -1.33. The highest BCUT2D eigenvalue weighted by molar-refractivity contribution is 7.47. The molecule has 0 radical (unpaired) electrons. The van der Waals surface area contributed by atoms with Crippen LogP contribution in [0.3, 0.4) is 0 Å². The molecule has 0 spiro atoms. The number of ether oxygens (including phenoxy) is 2. The van der Waals surface area contributed by atoms with Gasteiger partial charge in [-0.1, -0.05) is 11.6 Å². The van der Waals surface area contributed by atoms with Crippen LogP contribution in [0, 0.1) is 0 Å². The van der Waals surface area contributed by atoms with Gasteiger partial charge >= 0.3 is 6.69 Å². The lowest BCUT2D eigenvalue weighted by Crippen LogP contribution is -2.48. The summed E-state index contributed by atoms with van der Waals surface area (Å²) < 4.78 is 9.97. The van der Waals surface area contributed by atoms with Crippen LogP contribution in [0.15, 0.2) is 0 Å². The lowest BCUT2D eigenvalue weighted by atomic mass is 10.9. The van der Waals surface area contributed by atoms with E-state index in [4.69, 9.17) is 43.2 Å². The SMILES string of the molecule is CCOC(Cl)(OC)[Si](C)(Cl)Cl. The zero-order chi connectivity index (χ0) is 9.12. The molecule has 0 aliphatic carbocycles. The van der Waals surface area contributed by atoms with Crippen molar-refractivity contribution in [3.63, 3.8) is 0 Å². The van der Waals surface area contributed by atoms with E-state index in [0.29, 0.717) is 6.61 Å². The van der Waals surface area contributed by atoms with Crippen molar-refractivity contribution in [1.29, 1.82) is 0 Å². The second-order valence-electron chi connectivity index (χ2n) is 2.06. The van der Waals surface area contributed by atoms with Gasteiger partial charge in [0.05, 0.1) is 0 Å². The first-order valence-electron chi connectivity index (χ1n) is 3.13. The molecule has 0 N–H and O–H groups in total. The Morgan fingerprint density at radius 1 is 1.45 bits per heavy atom. The van der Waals surface area contributed by atoms with Gasteiger partial charge in [0, 0.05) is 13.7 Å². The van der Waals surface area contributed by atoms with Gasteiger partial charge in [-0.15, -0.1) is 22.2 Å². The molecular weight excluding hydrogens is 226 g/mol. The average molecular weight is 238 g/mol. The van der Waals surface area contributed by atoms with Gasteiger partial charge < -0.3 is 9.47 Å². The van der Waals surface area contributed by atoms with Crippen LogP contribution in [-0.2, 0) is 9.47 Å².